The lowest BCUT2D eigenvalue weighted by atomic mass is 9.75. The molecule has 5 nitrogen and oxygen atoms in total. The number of alkyl halides is 6. The normalized spacial score (nSPS) is 23.0. The Morgan fingerprint density at radius 1 is 0.912 bits per heavy atom. The van der Waals surface area contributed by atoms with Gasteiger partial charge < -0.3 is 19.1 Å². The van der Waals surface area contributed by atoms with E-state index in [1.165, 1.54) is 19.2 Å². The van der Waals surface area contributed by atoms with Crippen molar-refractivity contribution < 1.29 is 40.6 Å². The number of nitrogens with zero attached hydrogens (tertiary/aromatic N) is 2. The number of rotatable bonds is 6. The first kappa shape index (κ1) is 24.4. The molecule has 0 spiro atoms. The monoisotopic (exact) mass is 490 g/mol. The summed E-state index contributed by atoms with van der Waals surface area (Å²) in [7, 11) is 1.36. The van der Waals surface area contributed by atoms with Crippen molar-refractivity contribution in [2.24, 2.45) is 11.8 Å². The van der Waals surface area contributed by atoms with E-state index in [1.54, 1.807) is 0 Å². The zero-order valence-corrected chi connectivity index (χ0v) is 18.3. The van der Waals surface area contributed by atoms with Crippen molar-refractivity contribution in [3.05, 3.63) is 47.7 Å². The largest absolute Gasteiger partial charge is 0.486 e. The van der Waals surface area contributed by atoms with Crippen LogP contribution in [0.3, 0.4) is 0 Å². The van der Waals surface area contributed by atoms with Crippen LogP contribution in [0.5, 0.6) is 11.5 Å². The van der Waals surface area contributed by atoms with Crippen LogP contribution in [0.4, 0.5) is 32.2 Å². The molecule has 34 heavy (non-hydrogen) atoms. The summed E-state index contributed by atoms with van der Waals surface area (Å²) in [5.41, 5.74) is -1.66. The van der Waals surface area contributed by atoms with Gasteiger partial charge in [0.1, 0.15) is 11.9 Å². The van der Waals surface area contributed by atoms with Crippen molar-refractivity contribution in [3.63, 3.8) is 0 Å². The Hall–Kier alpha value is -2.69. The highest BCUT2D eigenvalue weighted by molar-refractivity contribution is 5.45. The van der Waals surface area contributed by atoms with Gasteiger partial charge in [0.2, 0.25) is 0 Å². The van der Waals surface area contributed by atoms with E-state index >= 15 is 0 Å². The van der Waals surface area contributed by atoms with Gasteiger partial charge in [0.15, 0.2) is 18.3 Å². The number of pyridine rings is 1. The third-order valence-electron chi connectivity index (χ3n) is 6.25. The highest BCUT2D eigenvalue weighted by Gasteiger charge is 2.42. The number of methoxy groups -OCH3 is 1. The first-order chi connectivity index (χ1) is 16.1. The molecule has 1 aliphatic heterocycles. The summed E-state index contributed by atoms with van der Waals surface area (Å²) >= 11 is 0. The van der Waals surface area contributed by atoms with Crippen molar-refractivity contribution in [1.82, 2.24) is 4.98 Å². The molecular formula is C23H24F6N2O3. The van der Waals surface area contributed by atoms with Crippen LogP contribution in [0.15, 0.2) is 36.5 Å². The lowest BCUT2D eigenvalue weighted by molar-refractivity contribution is -0.138. The third-order valence-corrected chi connectivity index (χ3v) is 6.25. The van der Waals surface area contributed by atoms with Crippen LogP contribution in [0, 0.1) is 11.8 Å². The Bertz CT molecular complexity index is 966. The Labute approximate surface area is 192 Å². The molecule has 1 aromatic carbocycles. The number of piperidine rings is 1. The Balaban J connectivity index is 1.52. The van der Waals surface area contributed by atoms with E-state index < -0.39 is 23.5 Å². The molecule has 0 N–H and O–H groups in total. The minimum Gasteiger partial charge on any atom is -0.486 e. The van der Waals surface area contributed by atoms with E-state index in [9.17, 15) is 26.3 Å². The molecule has 2 heterocycles. The summed E-state index contributed by atoms with van der Waals surface area (Å²) in [5.74, 6) is 0.681. The zero-order valence-electron chi connectivity index (χ0n) is 18.3. The predicted molar refractivity (Wildman–Crippen MR) is 111 cm³/mol. The maximum absolute atomic E-state index is 13.2. The molecule has 2 bridgehead atoms. The smallest absolute Gasteiger partial charge is 0.417 e. The van der Waals surface area contributed by atoms with Crippen molar-refractivity contribution >= 4 is 5.82 Å². The molecule has 2 unspecified atom stereocenters. The number of halogens is 6. The summed E-state index contributed by atoms with van der Waals surface area (Å²) in [6, 6.07) is 5.49. The average molecular weight is 490 g/mol. The number of aromatic nitrogens is 1. The van der Waals surface area contributed by atoms with Gasteiger partial charge in [-0.1, -0.05) is 6.42 Å². The van der Waals surface area contributed by atoms with Crippen molar-refractivity contribution in [2.45, 2.75) is 37.7 Å². The molecule has 0 radical (unpaired) electrons. The van der Waals surface area contributed by atoms with Gasteiger partial charge in [-0.25, -0.2) is 4.98 Å². The van der Waals surface area contributed by atoms with E-state index in [2.05, 4.69) is 4.98 Å². The van der Waals surface area contributed by atoms with E-state index in [-0.39, 0.29) is 36.2 Å². The summed E-state index contributed by atoms with van der Waals surface area (Å²) in [6.07, 6.45) is -5.78. The number of hydrogen-bond acceptors (Lipinski definition) is 5. The molecule has 11 heteroatoms. The topological polar surface area (TPSA) is 43.8 Å². The van der Waals surface area contributed by atoms with Crippen LogP contribution in [0.2, 0.25) is 0 Å². The van der Waals surface area contributed by atoms with Gasteiger partial charge in [-0.05, 0) is 43.2 Å². The van der Waals surface area contributed by atoms with Gasteiger partial charge in [-0.15, -0.1) is 0 Å². The Morgan fingerprint density at radius 2 is 1.56 bits per heavy atom. The summed E-state index contributed by atoms with van der Waals surface area (Å²) in [6.45, 7) is 0.811. The zero-order chi connectivity index (χ0) is 24.5. The molecule has 2 aliphatic rings. The highest BCUT2D eigenvalue weighted by atomic mass is 19.4. The van der Waals surface area contributed by atoms with E-state index in [4.69, 9.17) is 14.2 Å². The molecule has 186 valence electrons. The first-order valence-corrected chi connectivity index (χ1v) is 10.8. The van der Waals surface area contributed by atoms with Gasteiger partial charge in [0.05, 0.1) is 11.1 Å². The van der Waals surface area contributed by atoms with Gasteiger partial charge >= 0.3 is 12.4 Å². The van der Waals surface area contributed by atoms with Crippen LogP contribution in [0.25, 0.3) is 0 Å². The molecule has 2 fully saturated rings. The lowest BCUT2D eigenvalue weighted by Gasteiger charge is -2.47. The van der Waals surface area contributed by atoms with Crippen LogP contribution in [-0.4, -0.2) is 38.1 Å². The molecule has 0 amide bonds. The van der Waals surface area contributed by atoms with Gasteiger partial charge in [-0.2, -0.15) is 26.3 Å². The quantitative estimate of drug-likeness (QED) is 0.379. The Morgan fingerprint density at radius 3 is 2.12 bits per heavy atom. The summed E-state index contributed by atoms with van der Waals surface area (Å²) in [4.78, 5) is 5.96. The molecule has 2 aromatic rings. The van der Waals surface area contributed by atoms with Crippen LogP contribution in [0.1, 0.15) is 30.4 Å². The molecule has 2 atom stereocenters. The van der Waals surface area contributed by atoms with Crippen molar-refractivity contribution in [1.29, 1.82) is 0 Å². The van der Waals surface area contributed by atoms with Crippen molar-refractivity contribution in [3.8, 4) is 11.5 Å². The van der Waals surface area contributed by atoms with Gasteiger partial charge in [0.25, 0.3) is 0 Å². The molecule has 1 aromatic heterocycles. The number of fused-ring (bicyclic) bond motifs is 2. The second kappa shape index (κ2) is 9.52. The van der Waals surface area contributed by atoms with Gasteiger partial charge in [-0.3, -0.25) is 0 Å². The van der Waals surface area contributed by atoms with E-state index in [0.29, 0.717) is 18.9 Å². The third kappa shape index (κ3) is 5.34. The van der Waals surface area contributed by atoms with E-state index in [0.717, 1.165) is 43.7 Å². The fourth-order valence-corrected chi connectivity index (χ4v) is 4.67. The average Bonchev–Trinajstić information content (AvgIpc) is 2.77. The van der Waals surface area contributed by atoms with Crippen LogP contribution in [-0.2, 0) is 17.1 Å². The second-order valence-corrected chi connectivity index (χ2v) is 8.55. The lowest BCUT2D eigenvalue weighted by Crippen LogP contribution is -2.54. The number of ether oxygens (including phenoxy) is 3. The van der Waals surface area contributed by atoms with E-state index in [1.807, 2.05) is 4.90 Å². The van der Waals surface area contributed by atoms with Gasteiger partial charge in [0, 0.05) is 38.2 Å². The highest BCUT2D eigenvalue weighted by Crippen LogP contribution is 2.42. The predicted octanol–water partition coefficient (Wildman–Crippen LogP) is 5.79. The molecule has 4 rings (SSSR count). The number of benzene rings is 1. The summed E-state index contributed by atoms with van der Waals surface area (Å²) in [5, 5.41) is 0. The standard InChI is InChI=1S/C23H24F6N2O3/c1-32-13-33-19-9-16(22(24,25)26)5-7-18(19)34-21-14-3-2-4-15(21)12-31(11-14)20-8-6-17(10-30-20)23(27,28)29/h5-10,14-15,21H,2-4,11-13H2,1H3. The molecule has 1 saturated carbocycles. The van der Waals surface area contributed by atoms with Crippen molar-refractivity contribution in [2.75, 3.05) is 31.9 Å². The SMILES string of the molecule is COCOc1cc(C(F)(F)F)ccc1OC1C2CCCC1CN(c1ccc(C(F)(F)F)cn1)C2. The molecule has 1 saturated heterocycles. The second-order valence-electron chi connectivity index (χ2n) is 8.55. The molecular weight excluding hydrogens is 466 g/mol. The minimum atomic E-state index is -4.53. The Kier molecular flexibility index (Phi) is 6.84. The fourth-order valence-electron chi connectivity index (χ4n) is 4.67. The first-order valence-electron chi connectivity index (χ1n) is 10.8. The van der Waals surface area contributed by atoms with Crippen LogP contribution < -0.4 is 14.4 Å². The maximum Gasteiger partial charge on any atom is 0.417 e. The summed E-state index contributed by atoms with van der Waals surface area (Å²) < 4.78 is 94.5. The fraction of sp³-hybridized carbons (Fsp3) is 0.522. The maximum atomic E-state index is 13.2. The molecule has 1 aliphatic carbocycles. The minimum absolute atomic E-state index is 0.0363. The van der Waals surface area contributed by atoms with Crippen LogP contribution >= 0.6 is 0 Å². The number of anilines is 1. The number of hydrogen-bond donors (Lipinski definition) is 0.